The molecule has 0 aliphatic rings. The van der Waals surface area contributed by atoms with E-state index >= 15 is 0 Å². The topological polar surface area (TPSA) is 132 Å². The molecule has 0 fully saturated rings. The summed E-state index contributed by atoms with van der Waals surface area (Å²) in [4.78, 5) is 22.4. The summed E-state index contributed by atoms with van der Waals surface area (Å²) in [5.74, 6) is 0.916. The molecule has 0 radical (unpaired) electrons. The molecule has 2 aromatic rings. The molecule has 2 aromatic heterocycles. The minimum atomic E-state index is -0.510. The van der Waals surface area contributed by atoms with Gasteiger partial charge in [0.1, 0.15) is 5.69 Å². The fourth-order valence-corrected chi connectivity index (χ4v) is 1.61. The average molecular weight is 279 g/mol. The molecule has 0 amide bonds. The maximum absolute atomic E-state index is 11.1. The number of nitro groups is 1. The number of aromatic nitrogens is 4. The van der Waals surface area contributed by atoms with Crippen molar-refractivity contribution in [3.8, 4) is 0 Å². The minimum Gasteiger partial charge on any atom is -0.364 e. The van der Waals surface area contributed by atoms with E-state index in [-0.39, 0.29) is 17.2 Å². The van der Waals surface area contributed by atoms with Gasteiger partial charge in [0, 0.05) is 20.0 Å². The summed E-state index contributed by atoms with van der Waals surface area (Å²) in [7, 11) is 1.64. The number of hydrogen-bond acceptors (Lipinski definition) is 9. The number of aryl methyl sites for hydroxylation is 1. The second kappa shape index (κ2) is 5.91. The SMILES string of the molecule is CNc1nc(C)c([N+](=O)[O-])c(NCCc2ncno2)n1. The van der Waals surface area contributed by atoms with Crippen molar-refractivity contribution in [2.45, 2.75) is 13.3 Å². The predicted octanol–water partition coefficient (Wildman–Crippen LogP) is 0.773. The molecular weight excluding hydrogens is 266 g/mol. The number of hydrogen-bond donors (Lipinski definition) is 2. The van der Waals surface area contributed by atoms with Crippen molar-refractivity contribution < 1.29 is 9.45 Å². The maximum Gasteiger partial charge on any atom is 0.332 e. The maximum atomic E-state index is 11.1. The van der Waals surface area contributed by atoms with Crippen LogP contribution < -0.4 is 10.6 Å². The summed E-state index contributed by atoms with van der Waals surface area (Å²) in [5, 5.41) is 20.2. The van der Waals surface area contributed by atoms with Crippen LogP contribution in [0.5, 0.6) is 0 Å². The van der Waals surface area contributed by atoms with E-state index in [4.69, 9.17) is 4.52 Å². The Hall–Kier alpha value is -2.78. The lowest BCUT2D eigenvalue weighted by Gasteiger charge is -2.08. The lowest BCUT2D eigenvalue weighted by Crippen LogP contribution is -2.12. The highest BCUT2D eigenvalue weighted by Gasteiger charge is 2.21. The number of rotatable bonds is 6. The van der Waals surface area contributed by atoms with Crippen LogP contribution in [-0.2, 0) is 6.42 Å². The summed E-state index contributed by atoms with van der Waals surface area (Å²) in [5.41, 5.74) is 0.143. The number of nitrogens with one attached hydrogen (secondary N) is 2. The summed E-state index contributed by atoms with van der Waals surface area (Å²) in [6, 6.07) is 0. The van der Waals surface area contributed by atoms with E-state index in [1.54, 1.807) is 14.0 Å². The Kier molecular flexibility index (Phi) is 4.03. The normalized spacial score (nSPS) is 10.3. The Morgan fingerprint density at radius 1 is 1.45 bits per heavy atom. The molecule has 2 heterocycles. The smallest absolute Gasteiger partial charge is 0.332 e. The highest BCUT2D eigenvalue weighted by atomic mass is 16.6. The van der Waals surface area contributed by atoms with Crippen molar-refractivity contribution in [2.24, 2.45) is 0 Å². The van der Waals surface area contributed by atoms with Crippen LogP contribution in [0.25, 0.3) is 0 Å². The highest BCUT2D eigenvalue weighted by Crippen LogP contribution is 2.26. The first-order valence-corrected chi connectivity index (χ1v) is 5.82. The molecule has 0 saturated carbocycles. The largest absolute Gasteiger partial charge is 0.364 e. The molecular formula is C10H13N7O3. The third-order valence-electron chi connectivity index (χ3n) is 2.50. The van der Waals surface area contributed by atoms with Crippen LogP contribution in [0, 0.1) is 17.0 Å². The Morgan fingerprint density at radius 3 is 2.85 bits per heavy atom. The summed E-state index contributed by atoms with van der Waals surface area (Å²) < 4.78 is 4.84. The molecule has 0 bridgehead atoms. The first-order chi connectivity index (χ1) is 9.61. The zero-order valence-electron chi connectivity index (χ0n) is 11.0. The predicted molar refractivity (Wildman–Crippen MR) is 69.5 cm³/mol. The molecule has 0 aliphatic carbocycles. The molecule has 10 nitrogen and oxygen atoms in total. The molecule has 0 aromatic carbocycles. The Morgan fingerprint density at radius 2 is 2.25 bits per heavy atom. The van der Waals surface area contributed by atoms with Gasteiger partial charge in [-0.15, -0.1) is 0 Å². The fraction of sp³-hybridized carbons (Fsp3) is 0.400. The molecule has 2 rings (SSSR count). The molecule has 20 heavy (non-hydrogen) atoms. The van der Waals surface area contributed by atoms with Crippen molar-refractivity contribution in [1.82, 2.24) is 20.1 Å². The minimum absolute atomic E-state index is 0.144. The van der Waals surface area contributed by atoms with E-state index in [1.165, 1.54) is 6.33 Å². The standard InChI is InChI=1S/C10H13N7O3/c1-6-8(17(18)19)9(16-10(11-2)15-6)12-4-3-7-13-5-14-20-7/h5H,3-4H2,1-2H3,(H2,11,12,15,16). The number of anilines is 2. The van der Waals surface area contributed by atoms with E-state index in [0.29, 0.717) is 24.8 Å². The van der Waals surface area contributed by atoms with E-state index in [2.05, 4.69) is 30.7 Å². The Balaban J connectivity index is 2.16. The van der Waals surface area contributed by atoms with Crippen molar-refractivity contribution in [1.29, 1.82) is 0 Å². The van der Waals surface area contributed by atoms with Crippen molar-refractivity contribution in [2.75, 3.05) is 24.2 Å². The molecule has 10 heteroatoms. The van der Waals surface area contributed by atoms with Gasteiger partial charge in [-0.1, -0.05) is 5.16 Å². The van der Waals surface area contributed by atoms with E-state index in [1.807, 2.05) is 0 Å². The Labute approximate surface area is 113 Å². The van der Waals surface area contributed by atoms with Crippen LogP contribution in [0.15, 0.2) is 10.9 Å². The second-order valence-electron chi connectivity index (χ2n) is 3.85. The van der Waals surface area contributed by atoms with Gasteiger partial charge in [-0.25, -0.2) is 4.98 Å². The quantitative estimate of drug-likeness (QED) is 0.581. The van der Waals surface area contributed by atoms with Gasteiger partial charge in [0.2, 0.25) is 17.7 Å². The highest BCUT2D eigenvalue weighted by molar-refractivity contribution is 5.60. The van der Waals surface area contributed by atoms with Crippen molar-refractivity contribution >= 4 is 17.5 Å². The first-order valence-electron chi connectivity index (χ1n) is 5.82. The van der Waals surface area contributed by atoms with Gasteiger partial charge in [-0.2, -0.15) is 9.97 Å². The van der Waals surface area contributed by atoms with E-state index in [9.17, 15) is 10.1 Å². The lowest BCUT2D eigenvalue weighted by atomic mass is 10.3. The van der Waals surface area contributed by atoms with Crippen LogP contribution in [0.3, 0.4) is 0 Å². The fourth-order valence-electron chi connectivity index (χ4n) is 1.61. The van der Waals surface area contributed by atoms with Crippen LogP contribution >= 0.6 is 0 Å². The molecule has 0 unspecified atom stereocenters. The molecule has 0 saturated heterocycles. The zero-order chi connectivity index (χ0) is 14.5. The Bertz CT molecular complexity index is 599. The first kappa shape index (κ1) is 13.6. The molecule has 0 spiro atoms. The third-order valence-corrected chi connectivity index (χ3v) is 2.50. The molecule has 0 aliphatic heterocycles. The summed E-state index contributed by atoms with van der Waals surface area (Å²) >= 11 is 0. The lowest BCUT2D eigenvalue weighted by molar-refractivity contribution is -0.385. The monoisotopic (exact) mass is 279 g/mol. The summed E-state index contributed by atoms with van der Waals surface area (Å²) in [6.45, 7) is 1.94. The van der Waals surface area contributed by atoms with Gasteiger partial charge in [-0.05, 0) is 6.92 Å². The third kappa shape index (κ3) is 2.96. The van der Waals surface area contributed by atoms with Gasteiger partial charge >= 0.3 is 5.69 Å². The summed E-state index contributed by atoms with van der Waals surface area (Å²) in [6.07, 6.45) is 1.74. The van der Waals surface area contributed by atoms with Gasteiger partial charge in [0.25, 0.3) is 0 Å². The molecule has 2 N–H and O–H groups in total. The van der Waals surface area contributed by atoms with Crippen molar-refractivity contribution in [3.63, 3.8) is 0 Å². The second-order valence-corrected chi connectivity index (χ2v) is 3.85. The van der Waals surface area contributed by atoms with Crippen LogP contribution in [-0.4, -0.2) is 38.6 Å². The molecule has 106 valence electrons. The van der Waals surface area contributed by atoms with Crippen molar-refractivity contribution in [3.05, 3.63) is 28.0 Å². The zero-order valence-corrected chi connectivity index (χ0v) is 11.0. The van der Waals surface area contributed by atoms with Gasteiger partial charge in [0.05, 0.1) is 4.92 Å². The van der Waals surface area contributed by atoms with Crippen LogP contribution in [0.1, 0.15) is 11.6 Å². The van der Waals surface area contributed by atoms with E-state index < -0.39 is 4.92 Å². The van der Waals surface area contributed by atoms with Gasteiger partial charge in [0.15, 0.2) is 6.33 Å². The van der Waals surface area contributed by atoms with Crippen LogP contribution in [0.2, 0.25) is 0 Å². The van der Waals surface area contributed by atoms with Crippen LogP contribution in [0.4, 0.5) is 17.5 Å². The average Bonchev–Trinajstić information content (AvgIpc) is 2.90. The van der Waals surface area contributed by atoms with Gasteiger partial charge < -0.3 is 15.2 Å². The number of nitrogens with zero attached hydrogens (tertiary/aromatic N) is 5. The van der Waals surface area contributed by atoms with Gasteiger partial charge in [-0.3, -0.25) is 10.1 Å². The van der Waals surface area contributed by atoms with E-state index in [0.717, 1.165) is 0 Å². The molecule has 0 atom stereocenters.